The standard InChI is InChI=1S/C21H12F2N4O2/c22-15-3-1-2-4-17(15)29-12-5-6-13(16(23)7-12)20(28)14-10-27-21-18(14)19(25)11(8-24)9-26-21/h1-7,9-10H,(H3,25,26,27). The van der Waals surface area contributed by atoms with E-state index < -0.39 is 17.4 Å². The lowest BCUT2D eigenvalue weighted by Gasteiger charge is -2.09. The lowest BCUT2D eigenvalue weighted by atomic mass is 10.0. The second-order valence-corrected chi connectivity index (χ2v) is 6.13. The number of anilines is 1. The van der Waals surface area contributed by atoms with Crippen LogP contribution in [0.4, 0.5) is 14.5 Å². The molecule has 29 heavy (non-hydrogen) atoms. The van der Waals surface area contributed by atoms with Gasteiger partial charge in [0.15, 0.2) is 17.3 Å². The summed E-state index contributed by atoms with van der Waals surface area (Å²) in [6.45, 7) is 0. The molecule has 4 rings (SSSR count). The lowest BCUT2D eigenvalue weighted by molar-refractivity contribution is 0.103. The molecule has 0 saturated carbocycles. The summed E-state index contributed by atoms with van der Waals surface area (Å²) in [5.41, 5.74) is 6.33. The molecule has 0 spiro atoms. The monoisotopic (exact) mass is 390 g/mol. The van der Waals surface area contributed by atoms with Gasteiger partial charge in [-0.3, -0.25) is 4.79 Å². The third-order valence-corrected chi connectivity index (χ3v) is 4.36. The van der Waals surface area contributed by atoms with E-state index in [2.05, 4.69) is 9.97 Å². The van der Waals surface area contributed by atoms with Crippen LogP contribution in [0.1, 0.15) is 21.5 Å². The topological polar surface area (TPSA) is 105 Å². The van der Waals surface area contributed by atoms with Crippen molar-refractivity contribution in [1.29, 1.82) is 5.26 Å². The summed E-state index contributed by atoms with van der Waals surface area (Å²) in [6.07, 6.45) is 2.65. The molecular formula is C21H12F2N4O2. The van der Waals surface area contributed by atoms with Crippen LogP contribution < -0.4 is 10.5 Å². The summed E-state index contributed by atoms with van der Waals surface area (Å²) in [7, 11) is 0. The molecular weight excluding hydrogens is 378 g/mol. The van der Waals surface area contributed by atoms with Gasteiger partial charge in [0, 0.05) is 18.5 Å². The number of fused-ring (bicyclic) bond motifs is 1. The van der Waals surface area contributed by atoms with Crippen molar-refractivity contribution in [3.63, 3.8) is 0 Å². The maximum absolute atomic E-state index is 14.6. The van der Waals surface area contributed by atoms with Crippen molar-refractivity contribution in [2.45, 2.75) is 0 Å². The van der Waals surface area contributed by atoms with E-state index >= 15 is 0 Å². The average molecular weight is 390 g/mol. The van der Waals surface area contributed by atoms with Crippen molar-refractivity contribution in [3.05, 3.63) is 83.2 Å². The Morgan fingerprint density at radius 2 is 1.93 bits per heavy atom. The van der Waals surface area contributed by atoms with E-state index in [1.54, 1.807) is 6.07 Å². The Labute approximate surface area is 163 Å². The van der Waals surface area contributed by atoms with Gasteiger partial charge >= 0.3 is 0 Å². The highest BCUT2D eigenvalue weighted by molar-refractivity contribution is 6.18. The van der Waals surface area contributed by atoms with Crippen molar-refractivity contribution in [2.75, 3.05) is 5.73 Å². The first kappa shape index (κ1) is 18.1. The van der Waals surface area contributed by atoms with E-state index in [4.69, 9.17) is 15.7 Å². The highest BCUT2D eigenvalue weighted by Crippen LogP contribution is 2.30. The van der Waals surface area contributed by atoms with E-state index in [0.717, 1.165) is 6.07 Å². The Bertz CT molecular complexity index is 1310. The number of ketones is 1. The number of benzene rings is 2. The SMILES string of the molecule is N#Cc1cnc2[nH]cc(C(=O)c3ccc(Oc4ccccc4F)cc3F)c2c1N. The molecule has 2 aromatic heterocycles. The molecule has 2 heterocycles. The fraction of sp³-hybridized carbons (Fsp3) is 0. The number of aromatic amines is 1. The number of aromatic nitrogens is 2. The maximum atomic E-state index is 14.6. The molecule has 0 fully saturated rings. The molecule has 0 unspecified atom stereocenters. The summed E-state index contributed by atoms with van der Waals surface area (Å²) in [6, 6.07) is 11.2. The van der Waals surface area contributed by atoms with Gasteiger partial charge in [0.05, 0.1) is 27.8 Å². The van der Waals surface area contributed by atoms with Gasteiger partial charge in [-0.15, -0.1) is 0 Å². The van der Waals surface area contributed by atoms with Crippen LogP contribution in [0.5, 0.6) is 11.5 Å². The van der Waals surface area contributed by atoms with Crippen molar-refractivity contribution in [2.24, 2.45) is 0 Å². The highest BCUT2D eigenvalue weighted by atomic mass is 19.1. The number of hydrogen-bond acceptors (Lipinski definition) is 5. The van der Waals surface area contributed by atoms with Gasteiger partial charge in [-0.25, -0.2) is 13.8 Å². The number of halogens is 2. The van der Waals surface area contributed by atoms with E-state index in [-0.39, 0.29) is 39.3 Å². The zero-order valence-corrected chi connectivity index (χ0v) is 14.7. The number of rotatable bonds is 4. The Morgan fingerprint density at radius 3 is 2.66 bits per heavy atom. The van der Waals surface area contributed by atoms with Gasteiger partial charge in [-0.1, -0.05) is 12.1 Å². The highest BCUT2D eigenvalue weighted by Gasteiger charge is 2.21. The van der Waals surface area contributed by atoms with Gasteiger partial charge in [0.2, 0.25) is 0 Å². The Hall–Kier alpha value is -4.25. The number of hydrogen-bond donors (Lipinski definition) is 2. The summed E-state index contributed by atoms with van der Waals surface area (Å²) >= 11 is 0. The normalized spacial score (nSPS) is 10.7. The molecule has 142 valence electrons. The number of nitrogens with zero attached hydrogens (tertiary/aromatic N) is 2. The quantitative estimate of drug-likeness (QED) is 0.505. The third kappa shape index (κ3) is 3.15. The fourth-order valence-corrected chi connectivity index (χ4v) is 2.93. The molecule has 0 aliphatic rings. The molecule has 4 aromatic rings. The first-order chi connectivity index (χ1) is 14.0. The molecule has 0 saturated heterocycles. The Kier molecular flexibility index (Phi) is 4.41. The van der Waals surface area contributed by atoms with E-state index in [9.17, 15) is 13.6 Å². The van der Waals surface area contributed by atoms with Crippen LogP contribution in [0, 0.1) is 23.0 Å². The number of nitrogen functional groups attached to an aromatic ring is 1. The van der Waals surface area contributed by atoms with Crippen LogP contribution in [-0.4, -0.2) is 15.8 Å². The van der Waals surface area contributed by atoms with Crippen molar-refractivity contribution >= 4 is 22.5 Å². The van der Waals surface area contributed by atoms with Crippen LogP contribution in [0.2, 0.25) is 0 Å². The summed E-state index contributed by atoms with van der Waals surface area (Å²) in [5.74, 6) is -2.11. The van der Waals surface area contributed by atoms with Gasteiger partial charge < -0.3 is 15.5 Å². The number of para-hydroxylation sites is 1. The van der Waals surface area contributed by atoms with Crippen molar-refractivity contribution in [3.8, 4) is 17.6 Å². The van der Waals surface area contributed by atoms with E-state index in [1.807, 2.05) is 6.07 Å². The third-order valence-electron chi connectivity index (χ3n) is 4.36. The van der Waals surface area contributed by atoms with Crippen LogP contribution in [-0.2, 0) is 0 Å². The number of nitrogens with one attached hydrogen (secondary N) is 1. The molecule has 0 aliphatic carbocycles. The van der Waals surface area contributed by atoms with Gasteiger partial charge in [0.25, 0.3) is 0 Å². The van der Waals surface area contributed by atoms with Crippen LogP contribution in [0.15, 0.2) is 54.9 Å². The number of H-pyrrole nitrogens is 1. The first-order valence-corrected chi connectivity index (χ1v) is 8.42. The second-order valence-electron chi connectivity index (χ2n) is 6.13. The molecule has 0 amide bonds. The number of carbonyl (C=O) groups is 1. The second kappa shape index (κ2) is 7.05. The van der Waals surface area contributed by atoms with Crippen LogP contribution in [0.25, 0.3) is 11.0 Å². The molecule has 0 radical (unpaired) electrons. The molecule has 6 nitrogen and oxygen atoms in total. The molecule has 8 heteroatoms. The Morgan fingerprint density at radius 1 is 1.14 bits per heavy atom. The zero-order valence-electron chi connectivity index (χ0n) is 14.7. The molecule has 3 N–H and O–H groups in total. The number of ether oxygens (including phenoxy) is 1. The predicted octanol–water partition coefficient (Wildman–Crippen LogP) is 4.32. The molecule has 2 aromatic carbocycles. The predicted molar refractivity (Wildman–Crippen MR) is 102 cm³/mol. The molecule has 0 bridgehead atoms. The maximum Gasteiger partial charge on any atom is 0.198 e. The number of nitrogens with two attached hydrogens (primary N) is 1. The van der Waals surface area contributed by atoms with Crippen LogP contribution >= 0.6 is 0 Å². The van der Waals surface area contributed by atoms with Gasteiger partial charge in [-0.2, -0.15) is 5.26 Å². The summed E-state index contributed by atoms with van der Waals surface area (Å²) in [4.78, 5) is 19.7. The molecule has 0 aliphatic heterocycles. The van der Waals surface area contributed by atoms with Crippen LogP contribution in [0.3, 0.4) is 0 Å². The minimum absolute atomic E-state index is 0.0380. The minimum Gasteiger partial charge on any atom is -0.454 e. The largest absolute Gasteiger partial charge is 0.454 e. The number of pyridine rings is 1. The number of carbonyl (C=O) groups excluding carboxylic acids is 1. The van der Waals surface area contributed by atoms with Crippen molar-refractivity contribution < 1.29 is 18.3 Å². The summed E-state index contributed by atoms with van der Waals surface area (Å²) in [5, 5.41) is 9.36. The molecule has 0 atom stereocenters. The first-order valence-electron chi connectivity index (χ1n) is 8.42. The average Bonchev–Trinajstić information content (AvgIpc) is 3.15. The fourth-order valence-electron chi connectivity index (χ4n) is 2.93. The Balaban J connectivity index is 1.71. The minimum atomic E-state index is -0.846. The van der Waals surface area contributed by atoms with E-state index in [1.165, 1.54) is 42.7 Å². The van der Waals surface area contributed by atoms with Crippen molar-refractivity contribution in [1.82, 2.24) is 9.97 Å². The van der Waals surface area contributed by atoms with E-state index in [0.29, 0.717) is 5.65 Å². The smallest absolute Gasteiger partial charge is 0.198 e. The summed E-state index contributed by atoms with van der Waals surface area (Å²) < 4.78 is 33.7. The van der Waals surface area contributed by atoms with Gasteiger partial charge in [0.1, 0.15) is 23.3 Å². The van der Waals surface area contributed by atoms with Gasteiger partial charge in [-0.05, 0) is 24.3 Å². The lowest BCUT2D eigenvalue weighted by Crippen LogP contribution is -2.05. The number of nitriles is 1. The zero-order chi connectivity index (χ0) is 20.5.